The van der Waals surface area contributed by atoms with Gasteiger partial charge in [0.2, 0.25) is 0 Å². The van der Waals surface area contributed by atoms with E-state index >= 15 is 0 Å². The van der Waals surface area contributed by atoms with E-state index in [2.05, 4.69) is 10.3 Å². The predicted octanol–water partition coefficient (Wildman–Crippen LogP) is 2.99. The second-order valence-corrected chi connectivity index (χ2v) is 6.03. The third-order valence-corrected chi connectivity index (χ3v) is 4.54. The maximum absolute atomic E-state index is 12.0. The van der Waals surface area contributed by atoms with Gasteiger partial charge in [-0.2, -0.15) is 0 Å². The summed E-state index contributed by atoms with van der Waals surface area (Å²) in [5.74, 6) is -0.243. The lowest BCUT2D eigenvalue weighted by atomic mass is 9.74. The number of carbonyl (C=O) groups excluding carboxylic acids is 1. The molecule has 0 spiro atoms. The lowest BCUT2D eigenvalue weighted by molar-refractivity contribution is 0.0716. The molecule has 1 aliphatic carbocycles. The van der Waals surface area contributed by atoms with Crippen molar-refractivity contribution in [1.29, 1.82) is 0 Å². The van der Waals surface area contributed by atoms with E-state index < -0.39 is 0 Å². The molecular weight excluding hydrogens is 287 g/mol. The summed E-state index contributed by atoms with van der Waals surface area (Å²) in [6, 6.07) is 1.51. The van der Waals surface area contributed by atoms with Crippen LogP contribution in [0.3, 0.4) is 0 Å². The Bertz CT molecular complexity index is 434. The lowest BCUT2D eigenvalue weighted by Crippen LogP contribution is -2.41. The quantitative estimate of drug-likeness (QED) is 0.800. The van der Waals surface area contributed by atoms with Crippen molar-refractivity contribution in [2.75, 3.05) is 13.2 Å². The zero-order valence-corrected chi connectivity index (χ0v) is 12.2. The van der Waals surface area contributed by atoms with E-state index in [9.17, 15) is 9.90 Å². The van der Waals surface area contributed by atoms with Gasteiger partial charge in [-0.05, 0) is 18.9 Å². The Morgan fingerprint density at radius 2 is 2.05 bits per heavy atom. The van der Waals surface area contributed by atoms with Gasteiger partial charge >= 0.3 is 0 Å². The van der Waals surface area contributed by atoms with Crippen molar-refractivity contribution in [3.8, 4) is 0 Å². The molecule has 0 radical (unpaired) electrons. The summed E-state index contributed by atoms with van der Waals surface area (Å²) in [4.78, 5) is 14.7. The van der Waals surface area contributed by atoms with Crippen molar-refractivity contribution in [3.05, 3.63) is 21.9 Å². The third kappa shape index (κ3) is 3.44. The molecule has 0 saturated heterocycles. The Morgan fingerprint density at radius 3 is 2.58 bits per heavy atom. The summed E-state index contributed by atoms with van der Waals surface area (Å²) in [5.41, 5.74) is 0.174. The molecule has 1 amide bonds. The molecule has 2 rings (SSSR count). The fourth-order valence-corrected chi connectivity index (χ4v) is 2.89. The van der Waals surface area contributed by atoms with Gasteiger partial charge in [-0.15, -0.1) is 0 Å². The average Bonchev–Trinajstić information content (AvgIpc) is 2.77. The predicted molar refractivity (Wildman–Crippen MR) is 75.7 cm³/mol. The number of carbonyl (C=O) groups is 1. The first kappa shape index (κ1) is 14.7. The van der Waals surface area contributed by atoms with Gasteiger partial charge < -0.3 is 15.4 Å². The Kier molecular flexibility index (Phi) is 4.76. The fraction of sp³-hybridized carbons (Fsp3) is 0.615. The van der Waals surface area contributed by atoms with Crippen LogP contribution in [0.2, 0.25) is 10.2 Å². The Hall–Kier alpha value is -0.710. The molecule has 6 heteroatoms. The molecule has 1 aliphatic rings. The summed E-state index contributed by atoms with van der Waals surface area (Å²) in [6.07, 6.45) is 5.33. The van der Waals surface area contributed by atoms with Crippen LogP contribution in [-0.4, -0.2) is 29.1 Å². The number of halogens is 2. The zero-order valence-electron chi connectivity index (χ0n) is 10.6. The summed E-state index contributed by atoms with van der Waals surface area (Å²) >= 11 is 11.6. The fourth-order valence-electron chi connectivity index (χ4n) is 2.58. The molecule has 1 aromatic heterocycles. The van der Waals surface area contributed by atoms with Crippen LogP contribution >= 0.6 is 23.2 Å². The van der Waals surface area contributed by atoms with Gasteiger partial charge in [0.15, 0.2) is 0 Å². The highest BCUT2D eigenvalue weighted by Crippen LogP contribution is 2.35. The van der Waals surface area contributed by atoms with Crippen molar-refractivity contribution in [1.82, 2.24) is 10.3 Å². The first-order valence-electron chi connectivity index (χ1n) is 6.49. The molecule has 106 valence electrons. The summed E-state index contributed by atoms with van der Waals surface area (Å²) in [7, 11) is 0. The molecule has 0 aromatic carbocycles. The smallest absolute Gasteiger partial charge is 0.267 e. The highest BCUT2D eigenvalue weighted by molar-refractivity contribution is 6.41. The monoisotopic (exact) mass is 304 g/mol. The van der Waals surface area contributed by atoms with E-state index in [1.807, 2.05) is 0 Å². The molecule has 19 heavy (non-hydrogen) atoms. The summed E-state index contributed by atoms with van der Waals surface area (Å²) in [6.45, 7) is 0.593. The number of hydrogen-bond acceptors (Lipinski definition) is 2. The Labute approximate surface area is 122 Å². The maximum atomic E-state index is 12.0. The molecular formula is C13H18Cl2N2O2. The number of aromatic nitrogens is 1. The van der Waals surface area contributed by atoms with Crippen LogP contribution in [0.25, 0.3) is 0 Å². The number of aliphatic hydroxyl groups is 1. The van der Waals surface area contributed by atoms with Gasteiger partial charge in [0.1, 0.15) is 10.8 Å². The number of amides is 1. The van der Waals surface area contributed by atoms with Crippen molar-refractivity contribution >= 4 is 29.1 Å². The van der Waals surface area contributed by atoms with Gasteiger partial charge in [0.25, 0.3) is 5.91 Å². The number of aliphatic hydroxyl groups excluding tert-OH is 1. The molecule has 4 nitrogen and oxygen atoms in total. The third-order valence-electron chi connectivity index (χ3n) is 3.84. The van der Waals surface area contributed by atoms with Gasteiger partial charge in [-0.1, -0.05) is 42.5 Å². The van der Waals surface area contributed by atoms with Gasteiger partial charge in [-0.25, -0.2) is 0 Å². The van der Waals surface area contributed by atoms with Gasteiger partial charge in [-0.3, -0.25) is 4.79 Å². The highest BCUT2D eigenvalue weighted by Gasteiger charge is 2.31. The number of H-pyrrole nitrogens is 1. The molecule has 0 unspecified atom stereocenters. The minimum Gasteiger partial charge on any atom is -0.396 e. The molecule has 0 aliphatic heterocycles. The van der Waals surface area contributed by atoms with E-state index in [4.69, 9.17) is 23.2 Å². The van der Waals surface area contributed by atoms with Crippen molar-refractivity contribution < 1.29 is 9.90 Å². The number of nitrogens with one attached hydrogen (secondary N) is 2. The summed E-state index contributed by atoms with van der Waals surface area (Å²) in [5, 5.41) is 13.0. The summed E-state index contributed by atoms with van der Waals surface area (Å²) < 4.78 is 0. The van der Waals surface area contributed by atoms with Crippen molar-refractivity contribution in [2.24, 2.45) is 5.41 Å². The second kappa shape index (κ2) is 6.16. The molecule has 3 N–H and O–H groups in total. The van der Waals surface area contributed by atoms with Gasteiger partial charge in [0.05, 0.1) is 11.6 Å². The molecule has 0 atom stereocenters. The van der Waals surface area contributed by atoms with Crippen LogP contribution in [0.1, 0.15) is 42.6 Å². The molecule has 1 saturated carbocycles. The minimum absolute atomic E-state index is 0.111. The Morgan fingerprint density at radius 1 is 1.37 bits per heavy atom. The van der Waals surface area contributed by atoms with Crippen LogP contribution in [-0.2, 0) is 0 Å². The number of aromatic amines is 1. The topological polar surface area (TPSA) is 65.1 Å². The van der Waals surface area contributed by atoms with E-state index in [1.54, 1.807) is 0 Å². The maximum Gasteiger partial charge on any atom is 0.267 e. The first-order chi connectivity index (χ1) is 9.06. The van der Waals surface area contributed by atoms with Crippen LogP contribution < -0.4 is 5.32 Å². The standard InChI is InChI=1S/C13H18Cl2N2O2/c14-9-6-10(17-11(9)15)12(19)16-7-13(8-18)4-2-1-3-5-13/h6,17-18H,1-5,7-8H2,(H,16,19). The molecule has 1 fully saturated rings. The molecule has 1 heterocycles. The minimum atomic E-state index is -0.243. The van der Waals surface area contributed by atoms with E-state index in [-0.39, 0.29) is 23.1 Å². The SMILES string of the molecule is O=C(NCC1(CO)CCCCC1)c1cc(Cl)c(Cl)[nH]1. The second-order valence-electron chi connectivity index (χ2n) is 5.25. The largest absolute Gasteiger partial charge is 0.396 e. The van der Waals surface area contributed by atoms with Crippen LogP contribution in [0.15, 0.2) is 6.07 Å². The normalized spacial score (nSPS) is 18.3. The van der Waals surface area contributed by atoms with E-state index in [0.717, 1.165) is 25.7 Å². The highest BCUT2D eigenvalue weighted by atomic mass is 35.5. The Balaban J connectivity index is 1.95. The van der Waals surface area contributed by atoms with Crippen LogP contribution in [0, 0.1) is 5.41 Å². The van der Waals surface area contributed by atoms with Crippen LogP contribution in [0.5, 0.6) is 0 Å². The number of hydrogen-bond donors (Lipinski definition) is 3. The van der Waals surface area contributed by atoms with Crippen molar-refractivity contribution in [3.63, 3.8) is 0 Å². The van der Waals surface area contributed by atoms with Gasteiger partial charge in [0, 0.05) is 12.0 Å². The van der Waals surface area contributed by atoms with E-state index in [1.165, 1.54) is 12.5 Å². The van der Waals surface area contributed by atoms with Crippen LogP contribution in [0.4, 0.5) is 0 Å². The average molecular weight is 305 g/mol. The lowest BCUT2D eigenvalue weighted by Gasteiger charge is -2.35. The van der Waals surface area contributed by atoms with Crippen molar-refractivity contribution in [2.45, 2.75) is 32.1 Å². The van der Waals surface area contributed by atoms with E-state index in [0.29, 0.717) is 17.3 Å². The molecule has 1 aromatic rings. The first-order valence-corrected chi connectivity index (χ1v) is 7.25. The zero-order chi connectivity index (χ0) is 13.9. The molecule has 0 bridgehead atoms. The number of rotatable bonds is 4.